The summed E-state index contributed by atoms with van der Waals surface area (Å²) in [5, 5.41) is 112. The Labute approximate surface area is 533 Å². The molecule has 17 N–H and O–H groups in total. The third-order valence-electron chi connectivity index (χ3n) is 15.1. The number of hydrogen-bond acceptors (Lipinski definition) is 27. The predicted octanol–water partition coefficient (Wildman–Crippen LogP) is -7.83. The van der Waals surface area contributed by atoms with Crippen LogP contribution >= 0.6 is 0 Å². The van der Waals surface area contributed by atoms with E-state index in [9.17, 15) is 84.3 Å². The van der Waals surface area contributed by atoms with Crippen LogP contribution in [0.15, 0.2) is 0 Å². The molecule has 17 unspecified atom stereocenters. The number of aliphatic hydroxyl groups excluding tert-OH is 9. The summed E-state index contributed by atoms with van der Waals surface area (Å²) in [6.45, 7) is 6.45. The van der Waals surface area contributed by atoms with Crippen molar-refractivity contribution in [3.8, 4) is 0 Å². The van der Waals surface area contributed by atoms with Crippen molar-refractivity contribution >= 4 is 47.3 Å². The van der Waals surface area contributed by atoms with E-state index < -0.39 is 189 Å². The second-order valence-electron chi connectivity index (χ2n) is 23.6. The molecule has 8 amide bonds. The van der Waals surface area contributed by atoms with Crippen LogP contribution in [0.3, 0.4) is 0 Å². The monoisotopic (exact) mass is 1330 g/mol. The van der Waals surface area contributed by atoms with Crippen molar-refractivity contribution in [2.24, 2.45) is 5.92 Å². The van der Waals surface area contributed by atoms with Gasteiger partial charge in [-0.15, -0.1) is 0 Å². The second kappa shape index (κ2) is 41.1. The van der Waals surface area contributed by atoms with Crippen molar-refractivity contribution < 1.29 is 132 Å². The summed E-state index contributed by atoms with van der Waals surface area (Å²) in [5.41, 5.74) is -0.396. The Balaban J connectivity index is 1.35. The zero-order chi connectivity index (χ0) is 68.1. The molecule has 35 heteroatoms. The van der Waals surface area contributed by atoms with Crippen LogP contribution in [0.2, 0.25) is 0 Å². The molecule has 0 spiro atoms. The molecule has 3 aliphatic heterocycles. The predicted molar refractivity (Wildman–Crippen MR) is 314 cm³/mol. The molecule has 35 nitrogen and oxygen atoms in total. The van der Waals surface area contributed by atoms with E-state index in [0.29, 0.717) is 25.7 Å². The maximum atomic E-state index is 13.8. The Morgan fingerprint density at radius 1 is 0.457 bits per heavy atom. The summed E-state index contributed by atoms with van der Waals surface area (Å²) >= 11 is 0. The minimum atomic E-state index is -1.53. The Kier molecular flexibility index (Phi) is 35.5. The molecule has 92 heavy (non-hydrogen) atoms. The standard InChI is InChI=1S/C57H100N8O27/c1-30(69)61-42-48(77)45(74)37(27-66)89-54(42)86-24-21-83-18-15-58-40(72)13-11-35(52(81)59-16-19-84-22-25-87-55-43(62-31(2)70)49(78)46(75)38(28-67)90-55)64-41(73)14-12-36(65-51(80)33-7-9-34(10-8-33)92-57(4,5)6)53(82)60-17-20-85-23-26-88-56-44(63-32(3)71)50(79)47(76)39(29-68)91-56/h33-39,42-50,54-56,66-68,74-79H,7-29H2,1-6H3,(H,58,72)(H,59,81)(H,60,82)(H,61,69)(H,62,70)(H,63,71)(H,64,73)(H,65,80). The van der Waals surface area contributed by atoms with Gasteiger partial charge < -0.3 is 136 Å². The normalized spacial score (nSPS) is 29.8. The Morgan fingerprint density at radius 3 is 1.15 bits per heavy atom. The molecule has 17 atom stereocenters. The zero-order valence-electron chi connectivity index (χ0n) is 53.1. The molecule has 0 aromatic rings. The van der Waals surface area contributed by atoms with Crippen molar-refractivity contribution in [1.82, 2.24) is 42.5 Å². The molecule has 4 fully saturated rings. The highest BCUT2D eigenvalue weighted by Crippen LogP contribution is 2.30. The van der Waals surface area contributed by atoms with E-state index in [1.54, 1.807) is 0 Å². The SMILES string of the molecule is CC(=O)NC1C(OCCOCCNC(=O)CCC(NC(=O)CCC(NC(=O)C2CCC(OC(C)(C)C)CC2)C(=O)NCCOCCOC2OC(CO)C(O)C(O)C2NC(C)=O)C(=O)NCCOCCOC2OC(CO)C(O)C(O)C2NC(C)=O)OC(CO)C(O)C1O. The van der Waals surface area contributed by atoms with Gasteiger partial charge in [-0.2, -0.15) is 0 Å². The summed E-state index contributed by atoms with van der Waals surface area (Å²) in [6.07, 6.45) is -15.5. The average Bonchev–Trinajstić information content (AvgIpc) is 0.846. The molecule has 3 saturated heterocycles. The maximum Gasteiger partial charge on any atom is 0.242 e. The molecule has 4 rings (SSSR count). The lowest BCUT2D eigenvalue weighted by Crippen LogP contribution is -2.64. The molecule has 1 aliphatic carbocycles. The van der Waals surface area contributed by atoms with Gasteiger partial charge in [0.05, 0.1) is 91.0 Å². The molecule has 3 heterocycles. The van der Waals surface area contributed by atoms with E-state index in [1.165, 1.54) is 20.8 Å². The van der Waals surface area contributed by atoms with Crippen LogP contribution in [0.4, 0.5) is 0 Å². The van der Waals surface area contributed by atoms with Crippen molar-refractivity contribution in [3.05, 3.63) is 0 Å². The molecule has 0 aromatic heterocycles. The first kappa shape index (κ1) is 79.4. The summed E-state index contributed by atoms with van der Waals surface area (Å²) in [5.74, 6) is -5.13. The Morgan fingerprint density at radius 2 is 0.804 bits per heavy atom. The molecule has 0 aromatic carbocycles. The van der Waals surface area contributed by atoms with E-state index in [0.717, 1.165) is 0 Å². The lowest BCUT2D eigenvalue weighted by atomic mass is 9.86. The fraction of sp³-hybridized carbons (Fsp3) is 0.860. The minimum Gasteiger partial charge on any atom is -0.394 e. The smallest absolute Gasteiger partial charge is 0.242 e. The van der Waals surface area contributed by atoms with E-state index in [-0.39, 0.29) is 104 Å². The van der Waals surface area contributed by atoms with Gasteiger partial charge in [-0.1, -0.05) is 0 Å². The molecule has 4 aliphatic rings. The third-order valence-corrected chi connectivity index (χ3v) is 15.1. The quantitative estimate of drug-likeness (QED) is 0.0254. The van der Waals surface area contributed by atoms with Gasteiger partial charge in [-0.25, -0.2) is 0 Å². The maximum absolute atomic E-state index is 13.8. The second-order valence-corrected chi connectivity index (χ2v) is 23.6. The Hall–Kier alpha value is -5.00. The molecule has 1 saturated carbocycles. The summed E-state index contributed by atoms with van der Waals surface area (Å²) < 4.78 is 56.4. The summed E-state index contributed by atoms with van der Waals surface area (Å²) in [6, 6.07) is -6.09. The van der Waals surface area contributed by atoms with Gasteiger partial charge in [0, 0.05) is 59.2 Å². The number of carbonyl (C=O) groups is 8. The van der Waals surface area contributed by atoms with Gasteiger partial charge in [0.2, 0.25) is 47.3 Å². The van der Waals surface area contributed by atoms with Gasteiger partial charge in [-0.05, 0) is 59.3 Å². The third kappa shape index (κ3) is 27.4. The molecule has 0 bridgehead atoms. The van der Waals surface area contributed by atoms with Gasteiger partial charge in [0.25, 0.3) is 0 Å². The van der Waals surface area contributed by atoms with Gasteiger partial charge in [0.1, 0.15) is 85.1 Å². The zero-order valence-corrected chi connectivity index (χ0v) is 53.1. The first-order chi connectivity index (χ1) is 43.7. The van der Waals surface area contributed by atoms with Crippen molar-refractivity contribution in [2.45, 2.75) is 209 Å². The number of aliphatic hydroxyl groups is 9. The van der Waals surface area contributed by atoms with E-state index in [2.05, 4.69) is 42.5 Å². The Bertz CT molecular complexity index is 2270. The van der Waals surface area contributed by atoms with Crippen LogP contribution in [-0.4, -0.2) is 308 Å². The lowest BCUT2D eigenvalue weighted by Gasteiger charge is -2.42. The van der Waals surface area contributed by atoms with Crippen LogP contribution in [0, 0.1) is 5.92 Å². The first-order valence-electron chi connectivity index (χ1n) is 31.0. The van der Waals surface area contributed by atoms with Crippen LogP contribution in [0.5, 0.6) is 0 Å². The van der Waals surface area contributed by atoms with Crippen molar-refractivity contribution in [3.63, 3.8) is 0 Å². The van der Waals surface area contributed by atoms with Gasteiger partial charge >= 0.3 is 0 Å². The lowest BCUT2D eigenvalue weighted by molar-refractivity contribution is -0.272. The minimum absolute atomic E-state index is 0.00969. The fourth-order valence-corrected chi connectivity index (χ4v) is 10.5. The van der Waals surface area contributed by atoms with Crippen LogP contribution < -0.4 is 42.5 Å². The summed E-state index contributed by atoms with van der Waals surface area (Å²) in [4.78, 5) is 104. The molecule has 530 valence electrons. The van der Waals surface area contributed by atoms with Crippen LogP contribution in [0.1, 0.15) is 92.9 Å². The van der Waals surface area contributed by atoms with Crippen LogP contribution in [-0.2, 0) is 85.7 Å². The number of amides is 8. The largest absolute Gasteiger partial charge is 0.394 e. The van der Waals surface area contributed by atoms with E-state index in [1.807, 2.05) is 20.8 Å². The fourth-order valence-electron chi connectivity index (χ4n) is 10.5. The molecule has 0 radical (unpaired) electrons. The van der Waals surface area contributed by atoms with E-state index in [4.69, 9.17) is 47.4 Å². The number of ether oxygens (including phenoxy) is 10. The highest BCUT2D eigenvalue weighted by atomic mass is 16.7. The highest BCUT2D eigenvalue weighted by molar-refractivity contribution is 5.90. The van der Waals surface area contributed by atoms with Crippen molar-refractivity contribution in [1.29, 1.82) is 0 Å². The average molecular weight is 1330 g/mol. The van der Waals surface area contributed by atoms with Crippen molar-refractivity contribution in [2.75, 3.05) is 98.9 Å². The number of rotatable bonds is 39. The van der Waals surface area contributed by atoms with Crippen LogP contribution in [0.25, 0.3) is 0 Å². The van der Waals surface area contributed by atoms with Gasteiger partial charge in [-0.3, -0.25) is 38.4 Å². The summed E-state index contributed by atoms with van der Waals surface area (Å²) in [7, 11) is 0. The first-order valence-corrected chi connectivity index (χ1v) is 31.0. The number of nitrogens with one attached hydrogen (secondary N) is 8. The number of hydrogen-bond donors (Lipinski definition) is 17. The van der Waals surface area contributed by atoms with Gasteiger partial charge in [0.15, 0.2) is 18.9 Å². The highest BCUT2D eigenvalue weighted by Gasteiger charge is 2.48. The van der Waals surface area contributed by atoms with E-state index >= 15 is 0 Å². The molecular weight excluding hydrogens is 1230 g/mol. The number of carbonyl (C=O) groups excluding carboxylic acids is 8. The molecular formula is C57H100N8O27. The topological polar surface area (TPSA) is 507 Å².